The number of nitrogens with zero attached hydrogens (tertiary/aromatic N) is 2. The van der Waals surface area contributed by atoms with Crippen molar-refractivity contribution in [3.05, 3.63) is 59.8 Å². The number of rotatable bonds is 7. The van der Waals surface area contributed by atoms with Crippen LogP contribution in [0.15, 0.2) is 48.5 Å². The Morgan fingerprint density at radius 2 is 1.70 bits per heavy atom. The first-order valence-corrected chi connectivity index (χ1v) is 10.0. The molecule has 0 saturated heterocycles. The van der Waals surface area contributed by atoms with E-state index in [0.29, 0.717) is 30.3 Å². The van der Waals surface area contributed by atoms with Crippen LogP contribution in [0, 0.1) is 0 Å². The van der Waals surface area contributed by atoms with Gasteiger partial charge in [-0.05, 0) is 58.2 Å². The first kappa shape index (κ1) is 21.4. The van der Waals surface area contributed by atoms with Gasteiger partial charge in [-0.2, -0.15) is 0 Å². The highest BCUT2D eigenvalue weighted by atomic mass is 16.6. The summed E-state index contributed by atoms with van der Waals surface area (Å²) < 4.78 is 5.35. The van der Waals surface area contributed by atoms with Crippen molar-refractivity contribution in [2.75, 3.05) is 0 Å². The molecule has 0 radical (unpaired) electrons. The van der Waals surface area contributed by atoms with E-state index < -0.39 is 11.6 Å². The zero-order valence-electron chi connectivity index (χ0n) is 17.5. The van der Waals surface area contributed by atoms with Gasteiger partial charge >= 0.3 is 11.9 Å². The van der Waals surface area contributed by atoms with Crippen LogP contribution in [-0.4, -0.2) is 32.6 Å². The molecule has 0 aliphatic carbocycles. The molecule has 0 atom stereocenters. The summed E-state index contributed by atoms with van der Waals surface area (Å²) in [5, 5.41) is 9.26. The zero-order chi connectivity index (χ0) is 21.7. The van der Waals surface area contributed by atoms with Gasteiger partial charge in [0, 0.05) is 12.0 Å². The maximum atomic E-state index is 11.9. The summed E-state index contributed by atoms with van der Waals surface area (Å²) in [4.78, 5) is 32.7. The van der Waals surface area contributed by atoms with E-state index >= 15 is 0 Å². The highest BCUT2D eigenvalue weighted by Crippen LogP contribution is 2.25. The highest BCUT2D eigenvalue weighted by molar-refractivity contribution is 5.92. The number of aryl methyl sites for hydroxylation is 1. The van der Waals surface area contributed by atoms with Gasteiger partial charge in [0.15, 0.2) is 0 Å². The van der Waals surface area contributed by atoms with Gasteiger partial charge < -0.3 is 9.84 Å². The van der Waals surface area contributed by atoms with Crippen LogP contribution in [0.1, 0.15) is 56.1 Å². The van der Waals surface area contributed by atoms with E-state index in [1.165, 1.54) is 6.07 Å². The third-order valence-corrected chi connectivity index (χ3v) is 4.50. The smallest absolute Gasteiger partial charge is 0.335 e. The van der Waals surface area contributed by atoms with Crippen molar-refractivity contribution >= 4 is 23.0 Å². The van der Waals surface area contributed by atoms with Crippen LogP contribution >= 0.6 is 0 Å². The summed E-state index contributed by atoms with van der Waals surface area (Å²) >= 11 is 0. The van der Waals surface area contributed by atoms with E-state index in [0.717, 1.165) is 23.4 Å². The molecule has 3 aromatic rings. The van der Waals surface area contributed by atoms with Crippen LogP contribution in [0.4, 0.5) is 0 Å². The van der Waals surface area contributed by atoms with Gasteiger partial charge in [0.05, 0.1) is 28.0 Å². The Kier molecular flexibility index (Phi) is 6.45. The Bertz CT molecular complexity index is 1060. The molecule has 0 aliphatic rings. The van der Waals surface area contributed by atoms with Crippen molar-refractivity contribution in [2.24, 2.45) is 0 Å². The SMILES string of the molecule is CC(C)(C)OC(=O)CCCCc1nc2cc(C(=O)O)ccc2nc1-c1ccccc1. The molecule has 0 aliphatic heterocycles. The van der Waals surface area contributed by atoms with E-state index in [-0.39, 0.29) is 11.5 Å². The van der Waals surface area contributed by atoms with Crippen molar-refractivity contribution in [3.63, 3.8) is 0 Å². The second-order valence-electron chi connectivity index (χ2n) is 8.19. The third kappa shape index (κ3) is 5.63. The van der Waals surface area contributed by atoms with Crippen molar-refractivity contribution in [3.8, 4) is 11.3 Å². The van der Waals surface area contributed by atoms with Crippen LogP contribution < -0.4 is 0 Å². The number of ether oxygens (including phenoxy) is 1. The normalized spacial score (nSPS) is 11.4. The van der Waals surface area contributed by atoms with Crippen molar-refractivity contribution in [2.45, 2.75) is 52.1 Å². The lowest BCUT2D eigenvalue weighted by Gasteiger charge is -2.19. The molecule has 2 aromatic carbocycles. The molecule has 1 N–H and O–H groups in total. The maximum absolute atomic E-state index is 11.9. The van der Waals surface area contributed by atoms with Crippen LogP contribution in [0.25, 0.3) is 22.3 Å². The van der Waals surface area contributed by atoms with Gasteiger partial charge in [-0.15, -0.1) is 0 Å². The van der Waals surface area contributed by atoms with Crippen molar-refractivity contribution in [1.29, 1.82) is 0 Å². The number of esters is 1. The minimum Gasteiger partial charge on any atom is -0.478 e. The van der Waals surface area contributed by atoms with Crippen molar-refractivity contribution in [1.82, 2.24) is 9.97 Å². The second kappa shape index (κ2) is 9.03. The van der Waals surface area contributed by atoms with Gasteiger partial charge in [-0.1, -0.05) is 30.3 Å². The first-order valence-electron chi connectivity index (χ1n) is 10.0. The summed E-state index contributed by atoms with van der Waals surface area (Å²) in [6.45, 7) is 5.56. The molecule has 0 spiro atoms. The van der Waals surface area contributed by atoms with Crippen LogP contribution in [0.3, 0.4) is 0 Å². The number of carboxylic acid groups (broad SMARTS) is 1. The summed E-state index contributed by atoms with van der Waals surface area (Å²) in [5.41, 5.74) is 3.43. The predicted molar refractivity (Wildman–Crippen MR) is 115 cm³/mol. The number of carboxylic acids is 1. The summed E-state index contributed by atoms with van der Waals surface area (Å²) in [6, 6.07) is 14.6. The van der Waals surface area contributed by atoms with Gasteiger partial charge in [-0.25, -0.2) is 14.8 Å². The van der Waals surface area contributed by atoms with E-state index in [9.17, 15) is 14.7 Å². The predicted octanol–water partition coefficient (Wildman–Crippen LogP) is 5.05. The fourth-order valence-corrected chi connectivity index (χ4v) is 3.18. The summed E-state index contributed by atoms with van der Waals surface area (Å²) in [5.74, 6) is -1.20. The second-order valence-corrected chi connectivity index (χ2v) is 8.19. The average Bonchev–Trinajstić information content (AvgIpc) is 2.69. The molecule has 1 heterocycles. The summed E-state index contributed by atoms with van der Waals surface area (Å²) in [7, 11) is 0. The molecule has 156 valence electrons. The fourth-order valence-electron chi connectivity index (χ4n) is 3.18. The molecule has 0 bridgehead atoms. The maximum Gasteiger partial charge on any atom is 0.335 e. The number of aromatic carboxylic acids is 1. The van der Waals surface area contributed by atoms with Gasteiger partial charge in [-0.3, -0.25) is 4.79 Å². The van der Waals surface area contributed by atoms with E-state index in [1.807, 2.05) is 51.1 Å². The van der Waals surface area contributed by atoms with Gasteiger partial charge in [0.1, 0.15) is 5.60 Å². The molecule has 0 saturated carbocycles. The number of carbonyl (C=O) groups is 2. The number of hydrogen-bond acceptors (Lipinski definition) is 5. The third-order valence-electron chi connectivity index (χ3n) is 4.50. The Morgan fingerprint density at radius 1 is 0.967 bits per heavy atom. The van der Waals surface area contributed by atoms with Crippen LogP contribution in [0.2, 0.25) is 0 Å². The standard InChI is InChI=1S/C24H26N2O4/c1-24(2,3)30-21(27)12-8-7-11-19-22(16-9-5-4-6-10-16)26-18-14-13-17(23(28)29)15-20(18)25-19/h4-6,9-10,13-15H,7-8,11-12H2,1-3H3,(H,28,29). The van der Waals surface area contributed by atoms with E-state index in [2.05, 4.69) is 0 Å². The highest BCUT2D eigenvalue weighted by Gasteiger charge is 2.16. The number of hydrogen-bond donors (Lipinski definition) is 1. The molecular weight excluding hydrogens is 380 g/mol. The number of fused-ring (bicyclic) bond motifs is 1. The number of carbonyl (C=O) groups excluding carboxylic acids is 1. The van der Waals surface area contributed by atoms with Gasteiger partial charge in [0.25, 0.3) is 0 Å². The van der Waals surface area contributed by atoms with Crippen molar-refractivity contribution < 1.29 is 19.4 Å². The Labute approximate surface area is 175 Å². The first-order chi connectivity index (χ1) is 14.2. The average molecular weight is 406 g/mol. The molecule has 3 rings (SSSR count). The van der Waals surface area contributed by atoms with Crippen LogP contribution in [0.5, 0.6) is 0 Å². The topological polar surface area (TPSA) is 89.4 Å². The minimum absolute atomic E-state index is 0.181. The quantitative estimate of drug-likeness (QED) is 0.436. The molecule has 1 aromatic heterocycles. The Balaban J connectivity index is 1.83. The minimum atomic E-state index is -0.996. The number of unbranched alkanes of at least 4 members (excludes halogenated alkanes) is 1. The lowest BCUT2D eigenvalue weighted by Crippen LogP contribution is -2.23. The molecule has 6 nitrogen and oxygen atoms in total. The fraction of sp³-hybridized carbons (Fsp3) is 0.333. The number of aromatic nitrogens is 2. The molecule has 0 amide bonds. The largest absolute Gasteiger partial charge is 0.478 e. The van der Waals surface area contributed by atoms with E-state index in [4.69, 9.17) is 14.7 Å². The summed E-state index contributed by atoms with van der Waals surface area (Å²) in [6.07, 6.45) is 2.41. The monoisotopic (exact) mass is 406 g/mol. The van der Waals surface area contributed by atoms with Crippen LogP contribution in [-0.2, 0) is 16.0 Å². The molecule has 30 heavy (non-hydrogen) atoms. The van der Waals surface area contributed by atoms with E-state index in [1.54, 1.807) is 12.1 Å². The zero-order valence-corrected chi connectivity index (χ0v) is 17.5. The molecule has 0 unspecified atom stereocenters. The van der Waals surface area contributed by atoms with Gasteiger partial charge in [0.2, 0.25) is 0 Å². The lowest BCUT2D eigenvalue weighted by molar-refractivity contribution is -0.154. The molecule has 6 heteroatoms. The Hall–Kier alpha value is -3.28. The lowest BCUT2D eigenvalue weighted by atomic mass is 10.0. The molecular formula is C24H26N2O4. The number of benzene rings is 2. The Morgan fingerprint density at radius 3 is 2.37 bits per heavy atom. The molecule has 0 fully saturated rings.